The summed E-state index contributed by atoms with van der Waals surface area (Å²) in [6.07, 6.45) is 1.46. The van der Waals surface area contributed by atoms with Gasteiger partial charge in [-0.2, -0.15) is 13.2 Å². The average Bonchev–Trinajstić information content (AvgIpc) is 2.77. The monoisotopic (exact) mass is 432 g/mol. The molecule has 166 valence electrons. The van der Waals surface area contributed by atoms with Crippen molar-refractivity contribution in [3.63, 3.8) is 0 Å². The third-order valence-corrected chi connectivity index (χ3v) is 5.74. The second kappa shape index (κ2) is 9.98. The fourth-order valence-corrected chi connectivity index (χ4v) is 4.05. The van der Waals surface area contributed by atoms with Gasteiger partial charge < -0.3 is 10.2 Å². The highest BCUT2D eigenvalue weighted by Crippen LogP contribution is 2.35. The van der Waals surface area contributed by atoms with Crippen molar-refractivity contribution in [3.05, 3.63) is 65.2 Å². The summed E-state index contributed by atoms with van der Waals surface area (Å²) in [6, 6.07) is 12.3. The van der Waals surface area contributed by atoms with Crippen LogP contribution < -0.4 is 5.32 Å². The number of hydrogen-bond donors (Lipinski definition) is 1. The van der Waals surface area contributed by atoms with E-state index < -0.39 is 17.6 Å². The number of amides is 2. The third-order valence-electron chi connectivity index (χ3n) is 5.74. The van der Waals surface area contributed by atoms with Crippen LogP contribution in [0.25, 0.3) is 0 Å². The van der Waals surface area contributed by atoms with Crippen molar-refractivity contribution in [2.45, 2.75) is 51.1 Å². The van der Waals surface area contributed by atoms with Crippen LogP contribution in [0.1, 0.15) is 66.4 Å². The van der Waals surface area contributed by atoms with E-state index in [1.807, 2.05) is 12.1 Å². The molecular formula is C24H27F3N2O2. The summed E-state index contributed by atoms with van der Waals surface area (Å²) in [5, 5.41) is 2.29. The Morgan fingerprint density at radius 2 is 1.65 bits per heavy atom. The van der Waals surface area contributed by atoms with Gasteiger partial charge in [0.1, 0.15) is 6.54 Å². The van der Waals surface area contributed by atoms with Crippen molar-refractivity contribution in [2.24, 2.45) is 0 Å². The minimum Gasteiger partial charge on any atom is -0.330 e. The van der Waals surface area contributed by atoms with E-state index in [1.165, 1.54) is 47.9 Å². The van der Waals surface area contributed by atoms with Crippen LogP contribution in [-0.4, -0.2) is 29.8 Å². The number of rotatable bonds is 6. The maximum absolute atomic E-state index is 13.1. The van der Waals surface area contributed by atoms with E-state index in [1.54, 1.807) is 19.1 Å². The van der Waals surface area contributed by atoms with Crippen LogP contribution >= 0.6 is 0 Å². The van der Waals surface area contributed by atoms with Gasteiger partial charge in [-0.05, 0) is 55.5 Å². The van der Waals surface area contributed by atoms with Crippen molar-refractivity contribution in [1.82, 2.24) is 4.90 Å². The maximum Gasteiger partial charge on any atom is 0.418 e. The number of carbonyl (C=O) groups is 2. The van der Waals surface area contributed by atoms with Crippen LogP contribution in [0.4, 0.5) is 18.9 Å². The summed E-state index contributed by atoms with van der Waals surface area (Å²) in [5.41, 5.74) is 0.446. The summed E-state index contributed by atoms with van der Waals surface area (Å²) < 4.78 is 39.4. The SMILES string of the molecule is CCN(CC(=O)Nc1ccccc1C(F)(F)F)C(=O)c1ccc(C2CCCCC2)cc1. The highest BCUT2D eigenvalue weighted by Gasteiger charge is 2.33. The summed E-state index contributed by atoms with van der Waals surface area (Å²) >= 11 is 0. The Balaban J connectivity index is 1.65. The Kier molecular flexibility index (Phi) is 7.36. The Morgan fingerprint density at radius 3 is 2.26 bits per heavy atom. The molecule has 31 heavy (non-hydrogen) atoms. The number of hydrogen-bond acceptors (Lipinski definition) is 2. The highest BCUT2D eigenvalue weighted by atomic mass is 19.4. The lowest BCUT2D eigenvalue weighted by atomic mass is 9.84. The fourth-order valence-electron chi connectivity index (χ4n) is 4.05. The number of carbonyl (C=O) groups excluding carboxylic acids is 2. The minimum absolute atomic E-state index is 0.261. The Hall–Kier alpha value is -2.83. The van der Waals surface area contributed by atoms with E-state index in [0.717, 1.165) is 18.9 Å². The van der Waals surface area contributed by atoms with Gasteiger partial charge in [0.25, 0.3) is 5.91 Å². The molecule has 0 aliphatic heterocycles. The first-order chi connectivity index (χ1) is 14.8. The molecule has 0 atom stereocenters. The number of anilines is 1. The van der Waals surface area contributed by atoms with Gasteiger partial charge in [-0.15, -0.1) is 0 Å². The zero-order valence-electron chi connectivity index (χ0n) is 17.5. The van der Waals surface area contributed by atoms with Crippen molar-refractivity contribution in [3.8, 4) is 0 Å². The van der Waals surface area contributed by atoms with Gasteiger partial charge >= 0.3 is 6.18 Å². The fraction of sp³-hybridized carbons (Fsp3) is 0.417. The lowest BCUT2D eigenvalue weighted by Gasteiger charge is -2.23. The first-order valence-corrected chi connectivity index (χ1v) is 10.6. The summed E-state index contributed by atoms with van der Waals surface area (Å²) in [4.78, 5) is 26.5. The number of para-hydroxylation sites is 1. The lowest BCUT2D eigenvalue weighted by molar-refractivity contribution is -0.137. The quantitative estimate of drug-likeness (QED) is 0.622. The number of benzene rings is 2. The molecule has 2 aromatic carbocycles. The molecule has 1 aliphatic rings. The molecule has 0 unspecified atom stereocenters. The normalized spacial score (nSPS) is 14.8. The second-order valence-electron chi connectivity index (χ2n) is 7.87. The number of nitrogens with zero attached hydrogens (tertiary/aromatic N) is 1. The smallest absolute Gasteiger partial charge is 0.330 e. The highest BCUT2D eigenvalue weighted by molar-refractivity contribution is 5.99. The first kappa shape index (κ1) is 22.8. The van der Waals surface area contributed by atoms with Gasteiger partial charge in [0.05, 0.1) is 11.3 Å². The Morgan fingerprint density at radius 1 is 1.00 bits per heavy atom. The molecule has 0 saturated heterocycles. The van der Waals surface area contributed by atoms with Crippen molar-refractivity contribution < 1.29 is 22.8 Å². The van der Waals surface area contributed by atoms with Crippen LogP contribution in [0.5, 0.6) is 0 Å². The van der Waals surface area contributed by atoms with E-state index in [9.17, 15) is 22.8 Å². The van der Waals surface area contributed by atoms with E-state index in [-0.39, 0.29) is 24.7 Å². The molecule has 0 aromatic heterocycles. The van der Waals surface area contributed by atoms with Gasteiger partial charge in [-0.25, -0.2) is 0 Å². The third kappa shape index (κ3) is 5.87. The van der Waals surface area contributed by atoms with Crippen LogP contribution in [0, 0.1) is 0 Å². The molecule has 2 amide bonds. The molecule has 0 heterocycles. The number of alkyl halides is 3. The minimum atomic E-state index is -4.58. The largest absolute Gasteiger partial charge is 0.418 e. The van der Waals surface area contributed by atoms with Gasteiger partial charge in [-0.3, -0.25) is 9.59 Å². The summed E-state index contributed by atoms with van der Waals surface area (Å²) in [7, 11) is 0. The van der Waals surface area contributed by atoms with E-state index in [4.69, 9.17) is 0 Å². The first-order valence-electron chi connectivity index (χ1n) is 10.6. The number of nitrogens with one attached hydrogen (secondary N) is 1. The van der Waals surface area contributed by atoms with Crippen LogP contribution in [-0.2, 0) is 11.0 Å². The predicted octanol–water partition coefficient (Wildman–Crippen LogP) is 5.85. The van der Waals surface area contributed by atoms with Crippen LogP contribution in [0.2, 0.25) is 0 Å². The average molecular weight is 432 g/mol. The number of likely N-dealkylation sites (N-methyl/N-ethyl adjacent to an activating group) is 1. The topological polar surface area (TPSA) is 49.4 Å². The lowest BCUT2D eigenvalue weighted by Crippen LogP contribution is -2.38. The maximum atomic E-state index is 13.1. The summed E-state index contributed by atoms with van der Waals surface area (Å²) in [6.45, 7) is 1.66. The zero-order valence-corrected chi connectivity index (χ0v) is 17.5. The van der Waals surface area contributed by atoms with Crippen molar-refractivity contribution in [1.29, 1.82) is 0 Å². The number of halogens is 3. The molecular weight excluding hydrogens is 405 g/mol. The van der Waals surface area contributed by atoms with Gasteiger partial charge in [0.2, 0.25) is 5.91 Å². The van der Waals surface area contributed by atoms with E-state index in [0.29, 0.717) is 11.5 Å². The Bertz CT molecular complexity index is 904. The molecule has 1 N–H and O–H groups in total. The molecule has 3 rings (SSSR count). The molecule has 4 nitrogen and oxygen atoms in total. The molecule has 0 spiro atoms. The Labute approximate surface area is 180 Å². The van der Waals surface area contributed by atoms with E-state index >= 15 is 0 Å². The van der Waals surface area contributed by atoms with E-state index in [2.05, 4.69) is 5.32 Å². The van der Waals surface area contributed by atoms with Crippen LogP contribution in [0.15, 0.2) is 48.5 Å². The molecule has 1 fully saturated rings. The second-order valence-corrected chi connectivity index (χ2v) is 7.87. The molecule has 7 heteroatoms. The van der Waals surface area contributed by atoms with Crippen LogP contribution in [0.3, 0.4) is 0 Å². The molecule has 1 saturated carbocycles. The molecule has 2 aromatic rings. The molecule has 1 aliphatic carbocycles. The zero-order chi connectivity index (χ0) is 22.4. The van der Waals surface area contributed by atoms with Crippen molar-refractivity contribution >= 4 is 17.5 Å². The van der Waals surface area contributed by atoms with Gasteiger partial charge in [0, 0.05) is 12.1 Å². The predicted molar refractivity (Wildman–Crippen MR) is 114 cm³/mol. The standard InChI is InChI=1S/C24H27F3N2O2/c1-2-29(16-22(30)28-21-11-7-6-10-20(21)24(25,26)27)23(31)19-14-12-18(13-15-19)17-8-4-3-5-9-17/h6-7,10-15,17H,2-5,8-9,16H2,1H3,(H,28,30). The van der Waals surface area contributed by atoms with Gasteiger partial charge in [0.15, 0.2) is 0 Å². The molecule has 0 bridgehead atoms. The van der Waals surface area contributed by atoms with Gasteiger partial charge in [-0.1, -0.05) is 43.5 Å². The summed E-state index contributed by atoms with van der Waals surface area (Å²) in [5.74, 6) is -0.470. The molecule has 0 radical (unpaired) electrons. The van der Waals surface area contributed by atoms with Crippen molar-refractivity contribution in [2.75, 3.05) is 18.4 Å².